The fourth-order valence-corrected chi connectivity index (χ4v) is 6.82. The van der Waals surface area contributed by atoms with Crippen LogP contribution in [0.3, 0.4) is 0 Å². The average molecular weight is 568 g/mol. The molecule has 3 N–H and O–H groups in total. The van der Waals surface area contributed by atoms with E-state index in [0.29, 0.717) is 19.3 Å². The maximum atomic E-state index is 13.8. The van der Waals surface area contributed by atoms with Gasteiger partial charge < -0.3 is 25.6 Å². The zero-order valence-corrected chi connectivity index (χ0v) is 22.8. The minimum absolute atomic E-state index is 0.0649. The van der Waals surface area contributed by atoms with E-state index in [9.17, 15) is 37.6 Å². The number of nitrogens with one attached hydrogen (secondary N) is 3. The van der Waals surface area contributed by atoms with Crippen LogP contribution < -0.4 is 16.0 Å². The molecular weight excluding hydrogens is 531 g/mol. The van der Waals surface area contributed by atoms with Gasteiger partial charge in [0.15, 0.2) is 0 Å². The first-order valence-electron chi connectivity index (χ1n) is 14.0. The monoisotopic (exact) mass is 567 g/mol. The summed E-state index contributed by atoms with van der Waals surface area (Å²) in [6.45, 7) is 5.48. The number of alkyl halides is 3. The Morgan fingerprint density at radius 2 is 1.90 bits per heavy atom. The molecule has 3 aliphatic carbocycles. The van der Waals surface area contributed by atoms with E-state index < -0.39 is 54.0 Å². The molecule has 220 valence electrons. The summed E-state index contributed by atoms with van der Waals surface area (Å²) < 4.78 is 45.3. The summed E-state index contributed by atoms with van der Waals surface area (Å²) in [5.41, 5.74) is -0.469. The van der Waals surface area contributed by atoms with Crippen molar-refractivity contribution in [3.8, 4) is 6.07 Å². The third-order valence-electron chi connectivity index (χ3n) is 9.74. The third-order valence-corrected chi connectivity index (χ3v) is 9.74. The maximum absolute atomic E-state index is 13.8. The van der Waals surface area contributed by atoms with E-state index in [2.05, 4.69) is 10.6 Å². The summed E-state index contributed by atoms with van der Waals surface area (Å²) >= 11 is 0. The first-order valence-corrected chi connectivity index (χ1v) is 14.0. The molecule has 4 amide bonds. The van der Waals surface area contributed by atoms with Gasteiger partial charge in [0, 0.05) is 18.0 Å². The molecule has 0 aromatic rings. The molecule has 0 bridgehead atoms. The molecule has 3 unspecified atom stereocenters. The van der Waals surface area contributed by atoms with Gasteiger partial charge in [-0.2, -0.15) is 18.4 Å². The molecule has 2 saturated heterocycles. The lowest BCUT2D eigenvalue weighted by Gasteiger charge is -2.37. The van der Waals surface area contributed by atoms with Crippen molar-refractivity contribution in [3.05, 3.63) is 0 Å². The van der Waals surface area contributed by atoms with Crippen LogP contribution in [-0.4, -0.2) is 77.1 Å². The summed E-state index contributed by atoms with van der Waals surface area (Å²) in [5.74, 6) is -4.56. The predicted molar refractivity (Wildman–Crippen MR) is 133 cm³/mol. The van der Waals surface area contributed by atoms with E-state index >= 15 is 0 Å². The number of piperidine rings is 1. The highest BCUT2D eigenvalue weighted by atomic mass is 19.4. The molecule has 7 atom stereocenters. The summed E-state index contributed by atoms with van der Waals surface area (Å²) in [4.78, 5) is 52.9. The first-order chi connectivity index (χ1) is 18.7. The van der Waals surface area contributed by atoms with Crippen LogP contribution in [0.2, 0.25) is 0 Å². The minimum atomic E-state index is -5.20. The zero-order chi connectivity index (χ0) is 29.2. The Morgan fingerprint density at radius 3 is 2.42 bits per heavy atom. The molecule has 0 aromatic heterocycles. The number of rotatable bonds is 9. The van der Waals surface area contributed by atoms with Gasteiger partial charge in [-0.25, -0.2) is 0 Å². The molecule has 5 rings (SSSR count). The average Bonchev–Trinajstić information content (AvgIpc) is 3.56. The van der Waals surface area contributed by atoms with Crippen LogP contribution in [0, 0.1) is 34.5 Å². The number of hydrogen-bond donors (Lipinski definition) is 3. The number of nitriles is 1. The number of nitrogens with zero attached hydrogens (tertiary/aromatic N) is 2. The second-order valence-electron chi connectivity index (χ2n) is 12.8. The van der Waals surface area contributed by atoms with Crippen molar-refractivity contribution in [2.75, 3.05) is 6.54 Å². The molecule has 0 radical (unpaired) electrons. The summed E-state index contributed by atoms with van der Waals surface area (Å²) in [6.07, 6.45) is -1.63. The van der Waals surface area contributed by atoms with E-state index in [1.807, 2.05) is 19.9 Å². The fourth-order valence-electron chi connectivity index (χ4n) is 6.82. The molecule has 0 aromatic carbocycles. The van der Waals surface area contributed by atoms with Crippen molar-refractivity contribution in [2.24, 2.45) is 23.2 Å². The van der Waals surface area contributed by atoms with Gasteiger partial charge in [-0.3, -0.25) is 19.2 Å². The van der Waals surface area contributed by atoms with Gasteiger partial charge in [-0.05, 0) is 69.1 Å². The largest absolute Gasteiger partial charge is 0.471 e. The van der Waals surface area contributed by atoms with E-state index in [1.165, 1.54) is 11.8 Å². The molecule has 40 heavy (non-hydrogen) atoms. The molecule has 5 fully saturated rings. The lowest BCUT2D eigenvalue weighted by atomic mass is 9.95. The number of hydrogen-bond acceptors (Lipinski definition) is 6. The Labute approximate surface area is 230 Å². The second kappa shape index (κ2) is 9.89. The molecule has 13 heteroatoms. The summed E-state index contributed by atoms with van der Waals surface area (Å²) in [6, 6.07) is -1.60. The van der Waals surface area contributed by atoms with Gasteiger partial charge in [0.25, 0.3) is 0 Å². The number of ether oxygens (including phenoxy) is 1. The SMILES string of the molecule is C[C@@H](OC1CCC1)[C@H](NC(=O)C(F)(F)F)C(=O)N1CC2C(C1C(=O)N[C@H](C#N)C[C@@H]1CC3(CC3)NC1=O)C2(C)C. The van der Waals surface area contributed by atoms with Crippen LogP contribution >= 0.6 is 0 Å². The van der Waals surface area contributed by atoms with Crippen molar-refractivity contribution < 1.29 is 37.1 Å². The number of carbonyl (C=O) groups excluding carboxylic acids is 4. The van der Waals surface area contributed by atoms with Crippen molar-refractivity contribution in [3.63, 3.8) is 0 Å². The predicted octanol–water partition coefficient (Wildman–Crippen LogP) is 1.54. The van der Waals surface area contributed by atoms with Crippen molar-refractivity contribution >= 4 is 23.6 Å². The molecule has 10 nitrogen and oxygen atoms in total. The van der Waals surface area contributed by atoms with Crippen molar-refractivity contribution in [2.45, 2.75) is 108 Å². The highest BCUT2D eigenvalue weighted by Crippen LogP contribution is 2.65. The summed E-state index contributed by atoms with van der Waals surface area (Å²) in [7, 11) is 0. The molecular formula is C27H36F3N5O5. The Balaban J connectivity index is 1.32. The maximum Gasteiger partial charge on any atom is 0.471 e. The lowest BCUT2D eigenvalue weighted by molar-refractivity contribution is -0.177. The van der Waals surface area contributed by atoms with Crippen LogP contribution in [-0.2, 0) is 23.9 Å². The molecule has 3 saturated carbocycles. The second-order valence-corrected chi connectivity index (χ2v) is 12.8. The highest BCUT2D eigenvalue weighted by Gasteiger charge is 2.70. The first kappa shape index (κ1) is 28.6. The van der Waals surface area contributed by atoms with Gasteiger partial charge in [-0.15, -0.1) is 0 Å². The van der Waals surface area contributed by atoms with Gasteiger partial charge in [-0.1, -0.05) is 13.8 Å². The van der Waals surface area contributed by atoms with E-state index in [-0.39, 0.29) is 47.8 Å². The number of halogens is 3. The van der Waals surface area contributed by atoms with E-state index in [4.69, 9.17) is 4.74 Å². The number of amides is 4. The smallest absolute Gasteiger partial charge is 0.373 e. The molecule has 2 aliphatic heterocycles. The van der Waals surface area contributed by atoms with E-state index in [0.717, 1.165) is 19.3 Å². The van der Waals surface area contributed by atoms with Gasteiger partial charge in [0.05, 0.1) is 18.3 Å². The minimum Gasteiger partial charge on any atom is -0.373 e. The third kappa shape index (κ3) is 5.27. The standard InChI is InChI=1S/C27H36F3N5O5/c1-13(40-16-5-4-6-16)19(33-24(39)27(28,29)30)23(38)35-12-17-18(25(17,2)3)20(35)22(37)32-15(11-31)9-14-10-26(7-8-26)34-21(14)36/h13-20H,4-10,12H2,1-3H3,(H,32,37)(H,33,39)(H,34,36)/t13-,14-,15+,17?,18?,19+,20?/m1/s1. The molecule has 5 aliphatic rings. The number of fused-ring (bicyclic) bond motifs is 1. The normalized spacial score (nSPS) is 31.7. The van der Waals surface area contributed by atoms with Crippen LogP contribution in [0.5, 0.6) is 0 Å². The van der Waals surface area contributed by atoms with Crippen molar-refractivity contribution in [1.29, 1.82) is 5.26 Å². The number of likely N-dealkylation sites (tertiary alicyclic amines) is 1. The zero-order valence-electron chi connectivity index (χ0n) is 22.8. The Morgan fingerprint density at radius 1 is 1.23 bits per heavy atom. The van der Waals surface area contributed by atoms with E-state index in [1.54, 1.807) is 5.32 Å². The van der Waals surface area contributed by atoms with Gasteiger partial charge >= 0.3 is 12.1 Å². The Hall–Kier alpha value is -2.88. The van der Waals surface area contributed by atoms with Crippen LogP contribution in [0.4, 0.5) is 13.2 Å². The molecule has 1 spiro atoms. The van der Waals surface area contributed by atoms with Gasteiger partial charge in [0.1, 0.15) is 18.1 Å². The fraction of sp³-hybridized carbons (Fsp3) is 0.815. The number of carbonyl (C=O) groups is 4. The Bertz CT molecular complexity index is 1130. The topological polar surface area (TPSA) is 141 Å². The summed E-state index contributed by atoms with van der Waals surface area (Å²) in [5, 5.41) is 17.2. The lowest BCUT2D eigenvalue weighted by Crippen LogP contribution is -2.61. The quantitative estimate of drug-likeness (QED) is 0.386. The van der Waals surface area contributed by atoms with Crippen LogP contribution in [0.1, 0.15) is 65.7 Å². The van der Waals surface area contributed by atoms with Gasteiger partial charge in [0.2, 0.25) is 17.7 Å². The Kier molecular flexibility index (Phi) is 7.08. The highest BCUT2D eigenvalue weighted by molar-refractivity contribution is 5.95. The van der Waals surface area contributed by atoms with Crippen molar-refractivity contribution in [1.82, 2.24) is 20.9 Å². The van der Waals surface area contributed by atoms with Crippen LogP contribution in [0.15, 0.2) is 0 Å². The molecule has 2 heterocycles. The van der Waals surface area contributed by atoms with Crippen LogP contribution in [0.25, 0.3) is 0 Å².